The van der Waals surface area contributed by atoms with Crippen LogP contribution in [0.1, 0.15) is 44.4 Å². The summed E-state index contributed by atoms with van der Waals surface area (Å²) >= 11 is 3.56. The molecule has 0 saturated heterocycles. The molecule has 0 radical (unpaired) electrons. The predicted molar refractivity (Wildman–Crippen MR) is 77.7 cm³/mol. The Labute approximate surface area is 114 Å². The molecule has 0 heterocycles. The minimum atomic E-state index is 0.157. The lowest BCUT2D eigenvalue weighted by molar-refractivity contribution is -0.000290. The number of rotatable bonds is 6. The molecule has 0 spiro atoms. The molecule has 0 aliphatic heterocycles. The van der Waals surface area contributed by atoms with Gasteiger partial charge >= 0.3 is 0 Å². The van der Waals surface area contributed by atoms with E-state index in [4.69, 9.17) is 4.74 Å². The molecule has 0 aromatic heterocycles. The van der Waals surface area contributed by atoms with Gasteiger partial charge < -0.3 is 4.74 Å². The van der Waals surface area contributed by atoms with Crippen molar-refractivity contribution in [3.05, 3.63) is 35.4 Å². The van der Waals surface area contributed by atoms with Crippen molar-refractivity contribution in [2.24, 2.45) is 5.92 Å². The van der Waals surface area contributed by atoms with Gasteiger partial charge in [0.2, 0.25) is 0 Å². The van der Waals surface area contributed by atoms with E-state index in [0.29, 0.717) is 12.0 Å². The molecule has 1 nitrogen and oxygen atoms in total. The molecule has 0 fully saturated rings. The highest BCUT2D eigenvalue weighted by molar-refractivity contribution is 9.09. The summed E-state index contributed by atoms with van der Waals surface area (Å²) in [6.45, 7) is 8.77. The number of ether oxygens (including phenoxy) is 1. The van der Waals surface area contributed by atoms with E-state index in [1.54, 1.807) is 0 Å². The maximum Gasteiger partial charge on any atom is 0.0927 e. The Bertz CT molecular complexity index is 335. The molecule has 0 amide bonds. The Balaban J connectivity index is 2.69. The fourth-order valence-electron chi connectivity index (χ4n) is 2.14. The third-order valence-corrected chi connectivity index (χ3v) is 3.46. The van der Waals surface area contributed by atoms with Gasteiger partial charge in [0.15, 0.2) is 0 Å². The van der Waals surface area contributed by atoms with Crippen molar-refractivity contribution in [2.75, 3.05) is 5.33 Å². The quantitative estimate of drug-likeness (QED) is 0.680. The first-order chi connectivity index (χ1) is 8.04. The van der Waals surface area contributed by atoms with E-state index < -0.39 is 0 Å². The van der Waals surface area contributed by atoms with Gasteiger partial charge in [0.1, 0.15) is 0 Å². The maximum absolute atomic E-state index is 6.13. The van der Waals surface area contributed by atoms with Crippen LogP contribution in [0.3, 0.4) is 0 Å². The first-order valence-corrected chi connectivity index (χ1v) is 7.43. The van der Waals surface area contributed by atoms with Crippen LogP contribution in [0.25, 0.3) is 0 Å². The predicted octanol–water partition coefficient (Wildman–Crippen LogP) is 4.88. The average Bonchev–Trinajstić information content (AvgIpc) is 2.26. The van der Waals surface area contributed by atoms with E-state index in [9.17, 15) is 0 Å². The lowest BCUT2D eigenvalue weighted by Gasteiger charge is -2.23. The van der Waals surface area contributed by atoms with Crippen molar-refractivity contribution in [1.82, 2.24) is 0 Å². The van der Waals surface area contributed by atoms with Crippen LogP contribution in [0.2, 0.25) is 0 Å². The van der Waals surface area contributed by atoms with Crippen molar-refractivity contribution < 1.29 is 4.74 Å². The molecular formula is C15H23BrO. The summed E-state index contributed by atoms with van der Waals surface area (Å²) in [5.74, 6) is 0.679. The first-order valence-electron chi connectivity index (χ1n) is 6.31. The minimum Gasteiger partial charge on any atom is -0.370 e. The van der Waals surface area contributed by atoms with E-state index in [0.717, 1.165) is 11.8 Å². The van der Waals surface area contributed by atoms with Gasteiger partial charge in [-0.25, -0.2) is 0 Å². The van der Waals surface area contributed by atoms with Crippen molar-refractivity contribution in [1.29, 1.82) is 0 Å². The summed E-state index contributed by atoms with van der Waals surface area (Å²) in [6.07, 6.45) is 1.57. The van der Waals surface area contributed by atoms with Crippen molar-refractivity contribution in [3.63, 3.8) is 0 Å². The van der Waals surface area contributed by atoms with Crippen LogP contribution in [-0.4, -0.2) is 11.4 Å². The molecule has 17 heavy (non-hydrogen) atoms. The molecule has 0 aliphatic rings. The van der Waals surface area contributed by atoms with Crippen LogP contribution in [0.5, 0.6) is 0 Å². The van der Waals surface area contributed by atoms with Gasteiger partial charge in [-0.3, -0.25) is 0 Å². The summed E-state index contributed by atoms with van der Waals surface area (Å²) in [7, 11) is 0. The number of hydrogen-bond acceptors (Lipinski definition) is 1. The highest BCUT2D eigenvalue weighted by atomic mass is 79.9. The number of hydrogen-bond donors (Lipinski definition) is 0. The molecular weight excluding hydrogens is 276 g/mol. The first kappa shape index (κ1) is 14.7. The summed E-state index contributed by atoms with van der Waals surface area (Å²) in [5, 5.41) is 0.848. The second kappa shape index (κ2) is 7.17. The van der Waals surface area contributed by atoms with Gasteiger partial charge in [0.25, 0.3) is 0 Å². The van der Waals surface area contributed by atoms with Crippen molar-refractivity contribution in [3.8, 4) is 0 Å². The van der Waals surface area contributed by atoms with Crippen LogP contribution in [0, 0.1) is 12.8 Å². The Morgan fingerprint density at radius 1 is 1.18 bits per heavy atom. The lowest BCUT2D eigenvalue weighted by atomic mass is 10.0. The van der Waals surface area contributed by atoms with Crippen LogP contribution < -0.4 is 0 Å². The van der Waals surface area contributed by atoms with Gasteiger partial charge in [-0.15, -0.1) is 0 Å². The fourth-order valence-corrected chi connectivity index (χ4v) is 2.64. The second-order valence-corrected chi connectivity index (χ2v) is 5.72. The standard InChI is InChI=1S/C15H23BrO/c1-11(2)9-13(4)17-15(10-16)14-8-6-5-7-12(14)3/h5-8,11,13,15H,9-10H2,1-4H3. The number of halogens is 1. The third-order valence-electron chi connectivity index (χ3n) is 2.88. The average molecular weight is 299 g/mol. The van der Waals surface area contributed by atoms with Gasteiger partial charge in [-0.1, -0.05) is 54.0 Å². The third kappa shape index (κ3) is 4.81. The Hall–Kier alpha value is -0.340. The highest BCUT2D eigenvalue weighted by Gasteiger charge is 2.16. The van der Waals surface area contributed by atoms with Gasteiger partial charge in [-0.05, 0) is 37.3 Å². The van der Waals surface area contributed by atoms with E-state index in [-0.39, 0.29) is 6.10 Å². The summed E-state index contributed by atoms with van der Waals surface area (Å²) in [5.41, 5.74) is 2.59. The molecule has 1 aromatic carbocycles. The Morgan fingerprint density at radius 2 is 1.82 bits per heavy atom. The van der Waals surface area contributed by atoms with Crippen LogP contribution in [0.4, 0.5) is 0 Å². The molecule has 0 aliphatic carbocycles. The summed E-state index contributed by atoms with van der Waals surface area (Å²) < 4.78 is 6.13. The molecule has 2 unspecified atom stereocenters. The number of alkyl halides is 1. The van der Waals surface area contributed by atoms with Crippen LogP contribution >= 0.6 is 15.9 Å². The van der Waals surface area contributed by atoms with Crippen molar-refractivity contribution >= 4 is 15.9 Å². The lowest BCUT2D eigenvalue weighted by Crippen LogP contribution is -2.17. The minimum absolute atomic E-state index is 0.157. The molecule has 1 aromatic rings. The summed E-state index contributed by atoms with van der Waals surface area (Å²) in [6, 6.07) is 8.45. The zero-order chi connectivity index (χ0) is 12.8. The van der Waals surface area contributed by atoms with Crippen molar-refractivity contribution in [2.45, 2.75) is 46.3 Å². The molecule has 2 heteroatoms. The summed E-state index contributed by atoms with van der Waals surface area (Å²) in [4.78, 5) is 0. The Kier molecular flexibility index (Phi) is 6.21. The smallest absolute Gasteiger partial charge is 0.0927 e. The van der Waals surface area contributed by atoms with E-state index >= 15 is 0 Å². The van der Waals surface area contributed by atoms with Gasteiger partial charge in [0, 0.05) is 5.33 Å². The van der Waals surface area contributed by atoms with Gasteiger partial charge in [0.05, 0.1) is 12.2 Å². The zero-order valence-electron chi connectivity index (χ0n) is 11.2. The number of aryl methyl sites for hydroxylation is 1. The topological polar surface area (TPSA) is 9.23 Å². The highest BCUT2D eigenvalue weighted by Crippen LogP contribution is 2.25. The maximum atomic E-state index is 6.13. The van der Waals surface area contributed by atoms with E-state index in [2.05, 4.69) is 67.9 Å². The van der Waals surface area contributed by atoms with E-state index in [1.807, 2.05) is 0 Å². The normalized spacial score (nSPS) is 14.9. The molecule has 0 saturated carbocycles. The van der Waals surface area contributed by atoms with Gasteiger partial charge in [-0.2, -0.15) is 0 Å². The second-order valence-electron chi connectivity index (χ2n) is 5.08. The molecule has 0 N–H and O–H groups in total. The zero-order valence-corrected chi connectivity index (χ0v) is 12.8. The largest absolute Gasteiger partial charge is 0.370 e. The Morgan fingerprint density at radius 3 is 2.35 bits per heavy atom. The number of benzene rings is 1. The SMILES string of the molecule is Cc1ccccc1C(CBr)OC(C)CC(C)C. The fraction of sp³-hybridized carbons (Fsp3) is 0.600. The van der Waals surface area contributed by atoms with Crippen LogP contribution in [0.15, 0.2) is 24.3 Å². The molecule has 0 bridgehead atoms. The molecule has 1 rings (SSSR count). The molecule has 96 valence electrons. The molecule has 2 atom stereocenters. The van der Waals surface area contributed by atoms with E-state index in [1.165, 1.54) is 11.1 Å². The van der Waals surface area contributed by atoms with Crippen LogP contribution in [-0.2, 0) is 4.74 Å². The monoisotopic (exact) mass is 298 g/mol.